The molecule has 3 nitrogen and oxygen atoms in total. The van der Waals surface area contributed by atoms with Gasteiger partial charge >= 0.3 is 0 Å². The zero-order valence-electron chi connectivity index (χ0n) is 7.81. The summed E-state index contributed by atoms with van der Waals surface area (Å²) in [6.07, 6.45) is 3.16. The fraction of sp³-hybridized carbons (Fsp3) is 0.100. The zero-order chi connectivity index (χ0) is 10.7. The van der Waals surface area contributed by atoms with E-state index in [0.717, 1.165) is 5.56 Å². The van der Waals surface area contributed by atoms with Gasteiger partial charge in [0, 0.05) is 16.5 Å². The Bertz CT molecular complexity index is 445. The standard InChI is InChI=1S/C10H9ClN2OS/c11-9-2-1-8(12)5-7(9)6-15-10-13-3-4-14-10/h1-5H,6,12H2. The number of nitrogen functional groups attached to an aromatic ring is 1. The van der Waals surface area contributed by atoms with Crippen LogP contribution in [0.2, 0.25) is 5.02 Å². The van der Waals surface area contributed by atoms with Crippen LogP contribution < -0.4 is 5.73 Å². The Morgan fingerprint density at radius 3 is 3.07 bits per heavy atom. The summed E-state index contributed by atoms with van der Waals surface area (Å²) in [7, 11) is 0. The lowest BCUT2D eigenvalue weighted by Gasteiger charge is -2.03. The van der Waals surface area contributed by atoms with Crippen molar-refractivity contribution in [3.05, 3.63) is 41.2 Å². The summed E-state index contributed by atoms with van der Waals surface area (Å²) in [4.78, 5) is 4.01. The van der Waals surface area contributed by atoms with Crippen molar-refractivity contribution in [3.63, 3.8) is 0 Å². The van der Waals surface area contributed by atoms with Crippen LogP contribution in [0.4, 0.5) is 5.69 Å². The maximum atomic E-state index is 6.02. The minimum atomic E-state index is 0.633. The quantitative estimate of drug-likeness (QED) is 0.661. The third-order valence-corrected chi connectivity index (χ3v) is 3.10. The Balaban J connectivity index is 2.07. The van der Waals surface area contributed by atoms with Gasteiger partial charge in [-0.25, -0.2) is 4.98 Å². The molecule has 5 heteroatoms. The average molecular weight is 241 g/mol. The molecule has 0 unspecified atom stereocenters. The first-order valence-corrected chi connectivity index (χ1v) is 5.68. The van der Waals surface area contributed by atoms with Crippen LogP contribution >= 0.6 is 23.4 Å². The van der Waals surface area contributed by atoms with E-state index in [1.165, 1.54) is 11.8 Å². The highest BCUT2D eigenvalue weighted by atomic mass is 35.5. The van der Waals surface area contributed by atoms with Crippen LogP contribution in [-0.2, 0) is 5.75 Å². The molecule has 1 aromatic heterocycles. The van der Waals surface area contributed by atoms with E-state index in [-0.39, 0.29) is 0 Å². The van der Waals surface area contributed by atoms with Crippen molar-refractivity contribution < 1.29 is 4.42 Å². The van der Waals surface area contributed by atoms with E-state index in [2.05, 4.69) is 4.98 Å². The van der Waals surface area contributed by atoms with Gasteiger partial charge in [0.1, 0.15) is 6.26 Å². The van der Waals surface area contributed by atoms with Gasteiger partial charge in [-0.05, 0) is 23.8 Å². The normalized spacial score (nSPS) is 10.5. The van der Waals surface area contributed by atoms with Crippen LogP contribution in [0.5, 0.6) is 0 Å². The summed E-state index contributed by atoms with van der Waals surface area (Å²) >= 11 is 7.50. The second kappa shape index (κ2) is 4.59. The van der Waals surface area contributed by atoms with Gasteiger partial charge in [-0.3, -0.25) is 0 Å². The molecule has 0 fully saturated rings. The molecule has 1 aromatic carbocycles. The minimum Gasteiger partial charge on any atom is -0.440 e. The summed E-state index contributed by atoms with van der Waals surface area (Å²) in [5, 5.41) is 1.34. The highest BCUT2D eigenvalue weighted by Gasteiger charge is 2.04. The van der Waals surface area contributed by atoms with Crippen molar-refractivity contribution in [1.82, 2.24) is 4.98 Å². The highest BCUT2D eigenvalue weighted by Crippen LogP contribution is 2.26. The molecule has 0 amide bonds. The predicted molar refractivity (Wildman–Crippen MR) is 61.9 cm³/mol. The lowest BCUT2D eigenvalue weighted by atomic mass is 10.2. The van der Waals surface area contributed by atoms with E-state index >= 15 is 0 Å². The molecule has 0 atom stereocenters. The summed E-state index contributed by atoms with van der Waals surface area (Å²) in [5.74, 6) is 0.699. The first-order chi connectivity index (χ1) is 7.25. The first kappa shape index (κ1) is 10.4. The number of oxazole rings is 1. The molecule has 0 radical (unpaired) electrons. The van der Waals surface area contributed by atoms with Crippen molar-refractivity contribution in [1.29, 1.82) is 0 Å². The van der Waals surface area contributed by atoms with Gasteiger partial charge in [0.2, 0.25) is 0 Å². The van der Waals surface area contributed by atoms with Crippen LogP contribution in [0.15, 0.2) is 40.3 Å². The van der Waals surface area contributed by atoms with Crippen molar-refractivity contribution in [2.24, 2.45) is 0 Å². The highest BCUT2D eigenvalue weighted by molar-refractivity contribution is 7.98. The van der Waals surface area contributed by atoms with Crippen LogP contribution in [-0.4, -0.2) is 4.98 Å². The number of hydrogen-bond acceptors (Lipinski definition) is 4. The Kier molecular flexibility index (Phi) is 3.18. The molecule has 0 bridgehead atoms. The summed E-state index contributed by atoms with van der Waals surface area (Å²) in [6.45, 7) is 0. The summed E-state index contributed by atoms with van der Waals surface area (Å²) < 4.78 is 5.10. The Hall–Kier alpha value is -1.13. The van der Waals surface area contributed by atoms with Gasteiger partial charge in [0.05, 0.1) is 6.20 Å². The molecule has 1 heterocycles. The number of nitrogens with two attached hydrogens (primary N) is 1. The SMILES string of the molecule is Nc1ccc(Cl)c(CSc2ncco2)c1. The molecule has 0 aliphatic carbocycles. The molecule has 0 spiro atoms. The van der Waals surface area contributed by atoms with Gasteiger partial charge in [-0.1, -0.05) is 23.4 Å². The lowest BCUT2D eigenvalue weighted by Crippen LogP contribution is -1.88. The van der Waals surface area contributed by atoms with Gasteiger partial charge < -0.3 is 10.2 Å². The summed E-state index contributed by atoms with van der Waals surface area (Å²) in [5.41, 5.74) is 7.37. The summed E-state index contributed by atoms with van der Waals surface area (Å²) in [6, 6.07) is 5.43. The number of rotatable bonds is 3. The maximum absolute atomic E-state index is 6.02. The number of halogens is 1. The monoisotopic (exact) mass is 240 g/mol. The third-order valence-electron chi connectivity index (χ3n) is 1.83. The molecule has 2 aromatic rings. The minimum absolute atomic E-state index is 0.633. The topological polar surface area (TPSA) is 52.0 Å². The Morgan fingerprint density at radius 1 is 1.47 bits per heavy atom. The molecular weight excluding hydrogens is 232 g/mol. The largest absolute Gasteiger partial charge is 0.440 e. The molecule has 0 saturated carbocycles. The predicted octanol–water partition coefficient (Wildman–Crippen LogP) is 3.20. The van der Waals surface area contributed by atoms with E-state index in [4.69, 9.17) is 21.8 Å². The molecule has 0 aliphatic heterocycles. The molecule has 2 N–H and O–H groups in total. The van der Waals surface area contributed by atoms with E-state index in [1.54, 1.807) is 24.6 Å². The molecule has 15 heavy (non-hydrogen) atoms. The average Bonchev–Trinajstić information content (AvgIpc) is 2.72. The van der Waals surface area contributed by atoms with Crippen LogP contribution in [0, 0.1) is 0 Å². The molecule has 2 rings (SSSR count). The molecular formula is C10H9ClN2OS. The van der Waals surface area contributed by atoms with E-state index in [0.29, 0.717) is 21.7 Å². The number of nitrogens with zero attached hydrogens (tertiary/aromatic N) is 1. The second-order valence-corrected chi connectivity index (χ2v) is 4.27. The van der Waals surface area contributed by atoms with Crippen LogP contribution in [0.1, 0.15) is 5.56 Å². The van der Waals surface area contributed by atoms with Gasteiger partial charge in [0.25, 0.3) is 5.22 Å². The van der Waals surface area contributed by atoms with E-state index in [1.807, 2.05) is 6.07 Å². The molecule has 0 aliphatic rings. The number of thioether (sulfide) groups is 1. The molecule has 78 valence electrons. The van der Waals surface area contributed by atoms with E-state index < -0.39 is 0 Å². The van der Waals surface area contributed by atoms with Crippen LogP contribution in [0.25, 0.3) is 0 Å². The first-order valence-electron chi connectivity index (χ1n) is 4.32. The smallest absolute Gasteiger partial charge is 0.255 e. The lowest BCUT2D eigenvalue weighted by molar-refractivity contribution is 0.454. The van der Waals surface area contributed by atoms with Crippen molar-refractivity contribution in [3.8, 4) is 0 Å². The fourth-order valence-electron chi connectivity index (χ4n) is 1.13. The fourth-order valence-corrected chi connectivity index (χ4v) is 2.17. The number of benzene rings is 1. The maximum Gasteiger partial charge on any atom is 0.255 e. The van der Waals surface area contributed by atoms with Crippen molar-refractivity contribution in [2.45, 2.75) is 11.0 Å². The molecule has 0 saturated heterocycles. The van der Waals surface area contributed by atoms with Gasteiger partial charge in [0.15, 0.2) is 0 Å². The Labute approximate surface area is 96.6 Å². The zero-order valence-corrected chi connectivity index (χ0v) is 9.39. The third kappa shape index (κ3) is 2.67. The second-order valence-electron chi connectivity index (χ2n) is 2.94. The van der Waals surface area contributed by atoms with Crippen molar-refractivity contribution in [2.75, 3.05) is 5.73 Å². The van der Waals surface area contributed by atoms with Crippen LogP contribution in [0.3, 0.4) is 0 Å². The van der Waals surface area contributed by atoms with Gasteiger partial charge in [-0.15, -0.1) is 0 Å². The Morgan fingerprint density at radius 2 is 2.33 bits per heavy atom. The van der Waals surface area contributed by atoms with Crippen molar-refractivity contribution >= 4 is 29.1 Å². The van der Waals surface area contributed by atoms with Gasteiger partial charge in [-0.2, -0.15) is 0 Å². The number of hydrogen-bond donors (Lipinski definition) is 1. The number of anilines is 1. The number of aromatic nitrogens is 1. The van der Waals surface area contributed by atoms with E-state index in [9.17, 15) is 0 Å².